The van der Waals surface area contributed by atoms with E-state index in [1.165, 1.54) is 12.4 Å². The van der Waals surface area contributed by atoms with Crippen LogP contribution in [0, 0.1) is 0 Å². The molecule has 100 valence electrons. The van der Waals surface area contributed by atoms with E-state index in [1.54, 1.807) is 0 Å². The molecule has 0 radical (unpaired) electrons. The lowest BCUT2D eigenvalue weighted by atomic mass is 10.2. The van der Waals surface area contributed by atoms with Crippen LogP contribution in [0.2, 0.25) is 5.02 Å². The van der Waals surface area contributed by atoms with Crippen LogP contribution in [0.15, 0.2) is 30.6 Å². The van der Waals surface area contributed by atoms with Gasteiger partial charge in [-0.15, -0.1) is 0 Å². The molecule has 0 saturated heterocycles. The molecule has 0 amide bonds. The first kappa shape index (κ1) is 13.4. The molecule has 19 heavy (non-hydrogen) atoms. The minimum Gasteiger partial charge on any atom is -0.382 e. The lowest BCUT2D eigenvalue weighted by molar-refractivity contribution is -0.137. The van der Waals surface area contributed by atoms with E-state index in [0.717, 1.165) is 18.2 Å². The van der Waals surface area contributed by atoms with E-state index in [0.29, 0.717) is 0 Å². The number of nitrogens with two attached hydrogens (primary N) is 1. The Hall–Kier alpha value is -2.02. The Bertz CT molecular complexity index is 583. The normalized spacial score (nSPS) is 11.4. The Balaban J connectivity index is 2.31. The van der Waals surface area contributed by atoms with E-state index in [2.05, 4.69) is 15.3 Å². The minimum atomic E-state index is -4.44. The molecule has 2 aromatic rings. The van der Waals surface area contributed by atoms with Crippen molar-refractivity contribution in [2.24, 2.45) is 0 Å². The molecule has 0 aliphatic carbocycles. The van der Waals surface area contributed by atoms with Crippen molar-refractivity contribution >= 4 is 28.9 Å². The van der Waals surface area contributed by atoms with Crippen LogP contribution in [0.25, 0.3) is 0 Å². The van der Waals surface area contributed by atoms with Gasteiger partial charge in [-0.3, -0.25) is 0 Å². The molecule has 1 heterocycles. The maximum Gasteiger partial charge on any atom is 0.416 e. The van der Waals surface area contributed by atoms with Crippen molar-refractivity contribution in [1.82, 2.24) is 9.97 Å². The number of nitrogens with zero attached hydrogens (tertiary/aromatic N) is 2. The van der Waals surface area contributed by atoms with Gasteiger partial charge >= 0.3 is 6.18 Å². The number of nitrogens with one attached hydrogen (secondary N) is 1. The molecule has 8 heteroatoms. The monoisotopic (exact) mass is 288 g/mol. The number of rotatable bonds is 2. The zero-order valence-corrected chi connectivity index (χ0v) is 10.1. The molecule has 1 aromatic carbocycles. The van der Waals surface area contributed by atoms with Crippen molar-refractivity contribution in [2.45, 2.75) is 6.18 Å². The molecular formula is C11H8ClF3N4. The van der Waals surface area contributed by atoms with Crippen LogP contribution in [0.5, 0.6) is 0 Å². The third kappa shape index (κ3) is 3.25. The van der Waals surface area contributed by atoms with Crippen molar-refractivity contribution in [3.05, 3.63) is 41.2 Å². The standard InChI is InChI=1S/C11H8ClF3N4/c12-7-2-1-6(11(13,14)15)3-8(7)19-10-5-17-9(16)4-18-10/h1-5H,(H2,16,17)(H,18,19). The van der Waals surface area contributed by atoms with Gasteiger partial charge < -0.3 is 11.1 Å². The first-order valence-electron chi connectivity index (χ1n) is 5.07. The highest BCUT2D eigenvalue weighted by Crippen LogP contribution is 2.34. The van der Waals surface area contributed by atoms with Gasteiger partial charge in [0.15, 0.2) is 0 Å². The number of benzene rings is 1. The fraction of sp³-hybridized carbons (Fsp3) is 0.0909. The second-order valence-electron chi connectivity index (χ2n) is 3.64. The molecule has 0 unspecified atom stereocenters. The Labute approximate surface area is 111 Å². The minimum absolute atomic E-state index is 0.0931. The summed E-state index contributed by atoms with van der Waals surface area (Å²) in [5, 5.41) is 2.80. The number of anilines is 3. The van der Waals surface area contributed by atoms with Crippen LogP contribution in [0.1, 0.15) is 5.56 Å². The summed E-state index contributed by atoms with van der Waals surface area (Å²) in [4.78, 5) is 7.63. The third-order valence-electron chi connectivity index (χ3n) is 2.23. The molecule has 4 nitrogen and oxygen atoms in total. The highest BCUT2D eigenvalue weighted by atomic mass is 35.5. The number of hydrogen-bond donors (Lipinski definition) is 2. The second-order valence-corrected chi connectivity index (χ2v) is 4.05. The molecule has 0 aliphatic rings. The van der Waals surface area contributed by atoms with Crippen LogP contribution in [0.4, 0.5) is 30.5 Å². The molecule has 0 fully saturated rings. The largest absolute Gasteiger partial charge is 0.416 e. The predicted molar refractivity (Wildman–Crippen MR) is 66.2 cm³/mol. The molecule has 1 aromatic heterocycles. The fourth-order valence-corrected chi connectivity index (χ4v) is 1.50. The van der Waals surface area contributed by atoms with Crippen molar-refractivity contribution in [1.29, 1.82) is 0 Å². The van der Waals surface area contributed by atoms with Crippen LogP contribution >= 0.6 is 11.6 Å². The second kappa shape index (κ2) is 4.93. The summed E-state index contributed by atoms with van der Waals surface area (Å²) in [6.45, 7) is 0. The SMILES string of the molecule is Nc1cnc(Nc2cc(C(F)(F)F)ccc2Cl)cn1. The Morgan fingerprint density at radius 1 is 1.16 bits per heavy atom. The predicted octanol–water partition coefficient (Wildman–Crippen LogP) is 3.47. The number of alkyl halides is 3. The number of halogens is 4. The molecule has 2 rings (SSSR count). The molecule has 3 N–H and O–H groups in total. The summed E-state index contributed by atoms with van der Waals surface area (Å²) >= 11 is 5.82. The first-order valence-corrected chi connectivity index (χ1v) is 5.45. The van der Waals surface area contributed by atoms with E-state index in [-0.39, 0.29) is 22.3 Å². The highest BCUT2D eigenvalue weighted by Gasteiger charge is 2.30. The smallest absolute Gasteiger partial charge is 0.382 e. The topological polar surface area (TPSA) is 63.8 Å². The van der Waals surface area contributed by atoms with Gasteiger partial charge in [-0.25, -0.2) is 9.97 Å². The van der Waals surface area contributed by atoms with Crippen LogP contribution in [0.3, 0.4) is 0 Å². The van der Waals surface area contributed by atoms with Crippen molar-refractivity contribution in [2.75, 3.05) is 11.1 Å². The van der Waals surface area contributed by atoms with Crippen LogP contribution < -0.4 is 11.1 Å². The Kier molecular flexibility index (Phi) is 3.48. The summed E-state index contributed by atoms with van der Waals surface area (Å²) in [6.07, 6.45) is -1.86. The zero-order valence-electron chi connectivity index (χ0n) is 9.37. The molecule has 0 atom stereocenters. The lowest BCUT2D eigenvalue weighted by Gasteiger charge is -2.11. The van der Waals surface area contributed by atoms with E-state index >= 15 is 0 Å². The molecular weight excluding hydrogens is 281 g/mol. The first-order chi connectivity index (χ1) is 8.86. The quantitative estimate of drug-likeness (QED) is 0.888. The van der Waals surface area contributed by atoms with E-state index < -0.39 is 11.7 Å². The Morgan fingerprint density at radius 2 is 1.89 bits per heavy atom. The maximum atomic E-state index is 12.6. The van der Waals surface area contributed by atoms with Crippen LogP contribution in [-0.4, -0.2) is 9.97 Å². The maximum absolute atomic E-state index is 12.6. The fourth-order valence-electron chi connectivity index (χ4n) is 1.34. The van der Waals surface area contributed by atoms with E-state index in [9.17, 15) is 13.2 Å². The number of hydrogen-bond acceptors (Lipinski definition) is 4. The average molecular weight is 289 g/mol. The molecule has 0 aliphatic heterocycles. The van der Waals surface area contributed by atoms with Gasteiger partial charge in [0.1, 0.15) is 11.6 Å². The lowest BCUT2D eigenvalue weighted by Crippen LogP contribution is -2.06. The van der Waals surface area contributed by atoms with Crippen molar-refractivity contribution in [3.63, 3.8) is 0 Å². The molecule has 0 spiro atoms. The summed E-state index contributed by atoms with van der Waals surface area (Å²) in [6, 6.07) is 2.97. The number of aromatic nitrogens is 2. The van der Waals surface area contributed by atoms with Gasteiger partial charge in [0.05, 0.1) is 28.7 Å². The van der Waals surface area contributed by atoms with Gasteiger partial charge in [0, 0.05) is 0 Å². The molecule has 0 bridgehead atoms. The van der Waals surface area contributed by atoms with Crippen molar-refractivity contribution < 1.29 is 13.2 Å². The third-order valence-corrected chi connectivity index (χ3v) is 2.56. The summed E-state index contributed by atoms with van der Waals surface area (Å²) in [5.41, 5.74) is 4.65. The van der Waals surface area contributed by atoms with Gasteiger partial charge in [-0.1, -0.05) is 11.6 Å². The van der Waals surface area contributed by atoms with Gasteiger partial charge in [-0.05, 0) is 18.2 Å². The van der Waals surface area contributed by atoms with Gasteiger partial charge in [-0.2, -0.15) is 13.2 Å². The van der Waals surface area contributed by atoms with Gasteiger partial charge in [0.2, 0.25) is 0 Å². The van der Waals surface area contributed by atoms with Crippen molar-refractivity contribution in [3.8, 4) is 0 Å². The summed E-state index contributed by atoms with van der Waals surface area (Å²) in [5.74, 6) is 0.455. The van der Waals surface area contributed by atoms with E-state index in [1.807, 2.05) is 0 Å². The van der Waals surface area contributed by atoms with E-state index in [4.69, 9.17) is 17.3 Å². The van der Waals surface area contributed by atoms with Crippen LogP contribution in [-0.2, 0) is 6.18 Å². The summed E-state index contributed by atoms with van der Waals surface area (Å²) < 4.78 is 37.7. The Morgan fingerprint density at radius 3 is 2.47 bits per heavy atom. The summed E-state index contributed by atoms with van der Waals surface area (Å²) in [7, 11) is 0. The van der Waals surface area contributed by atoms with Gasteiger partial charge in [0.25, 0.3) is 0 Å². The molecule has 0 saturated carbocycles. The number of nitrogen functional groups attached to an aromatic ring is 1. The highest BCUT2D eigenvalue weighted by molar-refractivity contribution is 6.33. The zero-order chi connectivity index (χ0) is 14.0. The average Bonchev–Trinajstić information content (AvgIpc) is 2.33.